The minimum Gasteiger partial charge on any atom is -0.493 e. The van der Waals surface area contributed by atoms with Crippen LogP contribution < -0.4 is 20.1 Å². The molecule has 0 radical (unpaired) electrons. The van der Waals surface area contributed by atoms with Crippen LogP contribution in [0.5, 0.6) is 11.5 Å². The van der Waals surface area contributed by atoms with E-state index in [0.717, 1.165) is 5.56 Å². The van der Waals surface area contributed by atoms with Crippen molar-refractivity contribution in [2.75, 3.05) is 20.7 Å². The molecule has 24 heavy (non-hydrogen) atoms. The highest BCUT2D eigenvalue weighted by Gasteiger charge is 2.12. The fourth-order valence-electron chi connectivity index (χ4n) is 1.97. The van der Waals surface area contributed by atoms with Crippen LogP contribution in [0.2, 0.25) is 0 Å². The van der Waals surface area contributed by atoms with Crippen molar-refractivity contribution >= 4 is 5.96 Å². The van der Waals surface area contributed by atoms with Crippen molar-refractivity contribution in [2.24, 2.45) is 10.9 Å². The number of hydrogen-bond acceptors (Lipinski definition) is 3. The topological polar surface area (TPSA) is 54.9 Å². The molecule has 1 unspecified atom stereocenters. The van der Waals surface area contributed by atoms with E-state index in [2.05, 4.69) is 41.1 Å². The van der Waals surface area contributed by atoms with E-state index in [9.17, 15) is 8.78 Å². The number of guanidine groups is 1. The summed E-state index contributed by atoms with van der Waals surface area (Å²) in [6.45, 7) is 4.09. The molecule has 0 amide bonds. The van der Waals surface area contributed by atoms with Gasteiger partial charge in [0.2, 0.25) is 0 Å². The molecule has 1 rings (SSSR count). The monoisotopic (exact) mass is 343 g/mol. The SMILES string of the molecule is CN=C(NCCc1ccc(OC)c(OC(F)F)c1)NC(C)C(C)C. The minimum absolute atomic E-state index is 0.0425. The molecule has 0 saturated carbocycles. The number of nitrogens with zero attached hydrogens (tertiary/aromatic N) is 1. The van der Waals surface area contributed by atoms with Crippen LogP contribution in [0.25, 0.3) is 0 Å². The highest BCUT2D eigenvalue weighted by molar-refractivity contribution is 5.79. The summed E-state index contributed by atoms with van der Waals surface area (Å²) in [5.41, 5.74) is 0.867. The highest BCUT2D eigenvalue weighted by Crippen LogP contribution is 2.29. The van der Waals surface area contributed by atoms with Gasteiger partial charge in [0.05, 0.1) is 7.11 Å². The molecule has 1 atom stereocenters. The summed E-state index contributed by atoms with van der Waals surface area (Å²) in [6.07, 6.45) is 0.639. The van der Waals surface area contributed by atoms with Crippen molar-refractivity contribution in [1.82, 2.24) is 10.6 Å². The normalized spacial score (nSPS) is 13.1. The first kappa shape index (κ1) is 20.0. The second-order valence-electron chi connectivity index (χ2n) is 5.79. The third kappa shape index (κ3) is 6.60. The number of hydrogen-bond donors (Lipinski definition) is 2. The fraction of sp³-hybridized carbons (Fsp3) is 0.588. The highest BCUT2D eigenvalue weighted by atomic mass is 19.3. The molecule has 0 heterocycles. The zero-order chi connectivity index (χ0) is 18.1. The molecule has 0 aliphatic heterocycles. The zero-order valence-corrected chi connectivity index (χ0v) is 14.9. The number of rotatable bonds is 8. The number of halogens is 2. The number of aliphatic imine (C=N–C) groups is 1. The Hall–Kier alpha value is -2.05. The van der Waals surface area contributed by atoms with Gasteiger partial charge in [-0.2, -0.15) is 8.78 Å². The number of benzene rings is 1. The molecule has 0 aromatic heterocycles. The second-order valence-corrected chi connectivity index (χ2v) is 5.79. The van der Waals surface area contributed by atoms with Gasteiger partial charge in [0.25, 0.3) is 0 Å². The molecule has 5 nitrogen and oxygen atoms in total. The Morgan fingerprint density at radius 1 is 1.21 bits per heavy atom. The zero-order valence-electron chi connectivity index (χ0n) is 14.9. The summed E-state index contributed by atoms with van der Waals surface area (Å²) >= 11 is 0. The molecule has 0 fully saturated rings. The standard InChI is InChI=1S/C17H27F2N3O2/c1-11(2)12(3)22-17(20-4)21-9-8-13-6-7-14(23-5)15(10-13)24-16(18)19/h6-7,10-12,16H,8-9H2,1-5H3,(H2,20,21,22). The average molecular weight is 343 g/mol. The predicted octanol–water partition coefficient (Wildman–Crippen LogP) is 3.05. The molecule has 136 valence electrons. The molecular weight excluding hydrogens is 316 g/mol. The Labute approximate surface area is 142 Å². The molecule has 0 spiro atoms. The molecule has 0 aliphatic carbocycles. The number of nitrogens with one attached hydrogen (secondary N) is 2. The van der Waals surface area contributed by atoms with Crippen LogP contribution in [0.4, 0.5) is 8.78 Å². The number of methoxy groups -OCH3 is 1. The van der Waals surface area contributed by atoms with Crippen molar-refractivity contribution in [3.63, 3.8) is 0 Å². The van der Waals surface area contributed by atoms with Crippen LogP contribution in [-0.2, 0) is 6.42 Å². The first-order chi connectivity index (χ1) is 11.4. The quantitative estimate of drug-likeness (QED) is 0.563. The molecule has 7 heteroatoms. The minimum atomic E-state index is -2.88. The van der Waals surface area contributed by atoms with Crippen molar-refractivity contribution < 1.29 is 18.3 Å². The maximum absolute atomic E-state index is 12.4. The van der Waals surface area contributed by atoms with E-state index in [1.54, 1.807) is 19.2 Å². The van der Waals surface area contributed by atoms with E-state index in [0.29, 0.717) is 30.9 Å². The van der Waals surface area contributed by atoms with Gasteiger partial charge in [-0.25, -0.2) is 0 Å². The summed E-state index contributed by atoms with van der Waals surface area (Å²) < 4.78 is 34.4. The smallest absolute Gasteiger partial charge is 0.387 e. The lowest BCUT2D eigenvalue weighted by Gasteiger charge is -2.20. The van der Waals surface area contributed by atoms with Crippen LogP contribution in [0, 0.1) is 5.92 Å². The van der Waals surface area contributed by atoms with E-state index in [1.807, 2.05) is 6.07 Å². The maximum atomic E-state index is 12.4. The second kappa shape index (κ2) is 9.95. The Morgan fingerprint density at radius 3 is 2.46 bits per heavy atom. The summed E-state index contributed by atoms with van der Waals surface area (Å²) in [6, 6.07) is 5.31. The van der Waals surface area contributed by atoms with Gasteiger partial charge in [-0.15, -0.1) is 0 Å². The molecular formula is C17H27F2N3O2. The Bertz CT molecular complexity index is 537. The van der Waals surface area contributed by atoms with Gasteiger partial charge in [-0.1, -0.05) is 19.9 Å². The van der Waals surface area contributed by atoms with Gasteiger partial charge in [0.15, 0.2) is 17.5 Å². The Kier molecular flexibility index (Phi) is 8.29. The first-order valence-electron chi connectivity index (χ1n) is 7.96. The van der Waals surface area contributed by atoms with Crippen molar-refractivity contribution in [2.45, 2.75) is 39.8 Å². The van der Waals surface area contributed by atoms with Crippen LogP contribution in [0.1, 0.15) is 26.3 Å². The van der Waals surface area contributed by atoms with E-state index < -0.39 is 6.61 Å². The third-order valence-corrected chi connectivity index (χ3v) is 3.74. The summed E-state index contributed by atoms with van der Waals surface area (Å²) in [4.78, 5) is 4.18. The summed E-state index contributed by atoms with van der Waals surface area (Å²) in [7, 11) is 3.13. The van der Waals surface area contributed by atoms with Crippen LogP contribution in [0.3, 0.4) is 0 Å². The first-order valence-corrected chi connectivity index (χ1v) is 7.96. The van der Waals surface area contributed by atoms with Gasteiger partial charge >= 0.3 is 6.61 Å². The molecule has 1 aromatic carbocycles. The molecule has 0 bridgehead atoms. The van der Waals surface area contributed by atoms with Crippen LogP contribution in [-0.4, -0.2) is 39.3 Å². The molecule has 0 aliphatic rings. The lowest BCUT2D eigenvalue weighted by Crippen LogP contribution is -2.44. The Morgan fingerprint density at radius 2 is 1.92 bits per heavy atom. The van der Waals surface area contributed by atoms with E-state index in [4.69, 9.17) is 4.74 Å². The lowest BCUT2D eigenvalue weighted by atomic mass is 10.1. The van der Waals surface area contributed by atoms with Gasteiger partial charge in [-0.05, 0) is 37.0 Å². The maximum Gasteiger partial charge on any atom is 0.387 e. The predicted molar refractivity (Wildman–Crippen MR) is 92.1 cm³/mol. The number of ether oxygens (including phenoxy) is 2. The van der Waals surface area contributed by atoms with Gasteiger partial charge in [0.1, 0.15) is 0 Å². The summed E-state index contributed by atoms with van der Waals surface area (Å²) in [5.74, 6) is 1.53. The number of alkyl halides is 2. The lowest BCUT2D eigenvalue weighted by molar-refractivity contribution is -0.0512. The van der Waals surface area contributed by atoms with Crippen molar-refractivity contribution in [3.05, 3.63) is 23.8 Å². The van der Waals surface area contributed by atoms with Crippen molar-refractivity contribution in [1.29, 1.82) is 0 Å². The van der Waals surface area contributed by atoms with E-state index in [1.165, 1.54) is 7.11 Å². The van der Waals surface area contributed by atoms with E-state index >= 15 is 0 Å². The van der Waals surface area contributed by atoms with Crippen LogP contribution >= 0.6 is 0 Å². The molecule has 0 saturated heterocycles. The van der Waals surface area contributed by atoms with Gasteiger partial charge < -0.3 is 20.1 Å². The van der Waals surface area contributed by atoms with E-state index in [-0.39, 0.29) is 11.5 Å². The largest absolute Gasteiger partial charge is 0.493 e. The fourth-order valence-corrected chi connectivity index (χ4v) is 1.97. The molecule has 1 aromatic rings. The van der Waals surface area contributed by atoms with Crippen LogP contribution in [0.15, 0.2) is 23.2 Å². The summed E-state index contributed by atoms with van der Waals surface area (Å²) in [5, 5.41) is 6.51. The van der Waals surface area contributed by atoms with Gasteiger partial charge in [0, 0.05) is 19.6 Å². The average Bonchev–Trinajstić information content (AvgIpc) is 2.53. The Balaban J connectivity index is 2.60. The molecule has 2 N–H and O–H groups in total. The van der Waals surface area contributed by atoms with Crippen molar-refractivity contribution in [3.8, 4) is 11.5 Å². The van der Waals surface area contributed by atoms with Gasteiger partial charge in [-0.3, -0.25) is 4.99 Å². The third-order valence-electron chi connectivity index (χ3n) is 3.74.